The number of amides is 1. The molecule has 1 aromatic rings. The maximum atomic E-state index is 12.5. The highest BCUT2D eigenvalue weighted by Crippen LogP contribution is 2.31. The average molecular weight is 279 g/mol. The number of aromatic nitrogens is 2. The van der Waals surface area contributed by atoms with Crippen LogP contribution in [0, 0.1) is 11.8 Å². The van der Waals surface area contributed by atoms with Gasteiger partial charge in [-0.25, -0.2) is 0 Å². The second-order valence-electron chi connectivity index (χ2n) is 5.55. The Morgan fingerprint density at radius 2 is 2.05 bits per heavy atom. The molecule has 0 spiro atoms. The first-order chi connectivity index (χ1) is 9.49. The number of rotatable bonds is 4. The summed E-state index contributed by atoms with van der Waals surface area (Å²) >= 11 is 0. The van der Waals surface area contributed by atoms with E-state index in [4.69, 9.17) is 0 Å². The van der Waals surface area contributed by atoms with Gasteiger partial charge in [0.2, 0.25) is 5.91 Å². The lowest BCUT2D eigenvalue weighted by Crippen LogP contribution is -2.40. The van der Waals surface area contributed by atoms with Crippen LogP contribution in [-0.4, -0.2) is 38.7 Å². The van der Waals surface area contributed by atoms with Gasteiger partial charge < -0.3 is 10.0 Å². The SMILES string of the molecule is CN(Cc1cnn(C)c1)C(=O)[C@H]1CCCC[C@H]1C(=O)O. The quantitative estimate of drug-likeness (QED) is 0.900. The first-order valence-corrected chi connectivity index (χ1v) is 6.94. The normalized spacial score (nSPS) is 22.5. The number of carbonyl (C=O) groups is 2. The lowest BCUT2D eigenvalue weighted by Gasteiger charge is -2.30. The molecule has 1 aliphatic carbocycles. The smallest absolute Gasteiger partial charge is 0.307 e. The Bertz CT molecular complexity index is 498. The Hall–Kier alpha value is -1.85. The third kappa shape index (κ3) is 3.18. The molecule has 6 nitrogen and oxygen atoms in total. The minimum atomic E-state index is -0.849. The van der Waals surface area contributed by atoms with Gasteiger partial charge in [0, 0.05) is 32.4 Å². The fourth-order valence-corrected chi connectivity index (χ4v) is 2.91. The van der Waals surface area contributed by atoms with Gasteiger partial charge >= 0.3 is 5.97 Å². The number of hydrogen-bond donors (Lipinski definition) is 1. The largest absolute Gasteiger partial charge is 0.481 e. The van der Waals surface area contributed by atoms with Gasteiger partial charge in [-0.05, 0) is 12.8 Å². The van der Waals surface area contributed by atoms with Crippen LogP contribution in [0.5, 0.6) is 0 Å². The molecule has 0 radical (unpaired) electrons. The monoisotopic (exact) mass is 279 g/mol. The summed E-state index contributed by atoms with van der Waals surface area (Å²) < 4.78 is 1.69. The van der Waals surface area contributed by atoms with E-state index in [-0.39, 0.29) is 11.8 Å². The summed E-state index contributed by atoms with van der Waals surface area (Å²) in [6.45, 7) is 0.468. The minimum Gasteiger partial charge on any atom is -0.481 e. The van der Waals surface area contributed by atoms with Gasteiger partial charge in [-0.1, -0.05) is 12.8 Å². The van der Waals surface area contributed by atoms with Crippen molar-refractivity contribution in [2.24, 2.45) is 18.9 Å². The van der Waals surface area contributed by atoms with Crippen LogP contribution >= 0.6 is 0 Å². The first-order valence-electron chi connectivity index (χ1n) is 6.94. The van der Waals surface area contributed by atoms with E-state index in [0.29, 0.717) is 19.4 Å². The van der Waals surface area contributed by atoms with Gasteiger partial charge in [0.15, 0.2) is 0 Å². The van der Waals surface area contributed by atoms with Crippen molar-refractivity contribution in [2.45, 2.75) is 32.2 Å². The summed E-state index contributed by atoms with van der Waals surface area (Å²) in [5, 5.41) is 13.3. The molecule has 0 aromatic carbocycles. The summed E-state index contributed by atoms with van der Waals surface area (Å²) in [5.41, 5.74) is 0.950. The fourth-order valence-electron chi connectivity index (χ4n) is 2.91. The summed E-state index contributed by atoms with van der Waals surface area (Å²) in [5.74, 6) is -1.84. The maximum absolute atomic E-state index is 12.5. The first kappa shape index (κ1) is 14.6. The highest BCUT2D eigenvalue weighted by Gasteiger charge is 2.37. The van der Waals surface area contributed by atoms with Crippen molar-refractivity contribution >= 4 is 11.9 Å². The van der Waals surface area contributed by atoms with Crippen molar-refractivity contribution in [2.75, 3.05) is 7.05 Å². The Morgan fingerprint density at radius 3 is 2.60 bits per heavy atom. The third-order valence-electron chi connectivity index (χ3n) is 3.95. The van der Waals surface area contributed by atoms with Crippen LogP contribution in [0.4, 0.5) is 0 Å². The summed E-state index contributed by atoms with van der Waals surface area (Å²) in [4.78, 5) is 25.3. The summed E-state index contributed by atoms with van der Waals surface area (Å²) in [6.07, 6.45) is 6.69. The molecule has 1 heterocycles. The van der Waals surface area contributed by atoms with E-state index in [1.807, 2.05) is 13.2 Å². The van der Waals surface area contributed by atoms with E-state index in [1.54, 1.807) is 22.8 Å². The van der Waals surface area contributed by atoms with Crippen LogP contribution in [0.1, 0.15) is 31.2 Å². The lowest BCUT2D eigenvalue weighted by atomic mass is 9.78. The van der Waals surface area contributed by atoms with E-state index in [9.17, 15) is 14.7 Å². The molecule has 1 amide bonds. The lowest BCUT2D eigenvalue weighted by molar-refractivity contribution is -0.152. The molecule has 1 saturated carbocycles. The van der Waals surface area contributed by atoms with Gasteiger partial charge in [0.05, 0.1) is 18.0 Å². The molecule has 0 bridgehead atoms. The predicted molar refractivity (Wildman–Crippen MR) is 72.8 cm³/mol. The summed E-state index contributed by atoms with van der Waals surface area (Å²) in [7, 11) is 3.55. The van der Waals surface area contributed by atoms with Crippen LogP contribution in [0.3, 0.4) is 0 Å². The van der Waals surface area contributed by atoms with E-state index < -0.39 is 11.9 Å². The highest BCUT2D eigenvalue weighted by molar-refractivity contribution is 5.84. The number of carboxylic acids is 1. The van der Waals surface area contributed by atoms with Crippen molar-refractivity contribution < 1.29 is 14.7 Å². The van der Waals surface area contributed by atoms with Crippen molar-refractivity contribution in [1.82, 2.24) is 14.7 Å². The number of carbonyl (C=O) groups excluding carboxylic acids is 1. The van der Waals surface area contributed by atoms with Gasteiger partial charge in [0.25, 0.3) is 0 Å². The topological polar surface area (TPSA) is 75.4 Å². The number of nitrogens with zero attached hydrogens (tertiary/aromatic N) is 3. The van der Waals surface area contributed by atoms with Gasteiger partial charge in [-0.3, -0.25) is 14.3 Å². The number of aliphatic carboxylic acids is 1. The van der Waals surface area contributed by atoms with Gasteiger partial charge in [-0.2, -0.15) is 5.10 Å². The third-order valence-corrected chi connectivity index (χ3v) is 3.95. The predicted octanol–water partition coefficient (Wildman–Crippen LogP) is 1.27. The molecule has 110 valence electrons. The van der Waals surface area contributed by atoms with E-state index in [1.165, 1.54) is 0 Å². The zero-order valence-electron chi connectivity index (χ0n) is 12.0. The molecule has 1 aliphatic rings. The van der Waals surface area contributed by atoms with Crippen molar-refractivity contribution in [3.05, 3.63) is 18.0 Å². The van der Waals surface area contributed by atoms with E-state index >= 15 is 0 Å². The van der Waals surface area contributed by atoms with Crippen LogP contribution in [0.25, 0.3) is 0 Å². The Kier molecular flexibility index (Phi) is 4.42. The standard InChI is InChI=1S/C14H21N3O3/c1-16(8-10-7-15-17(2)9-10)13(18)11-5-3-4-6-12(11)14(19)20/h7,9,11-12H,3-6,8H2,1-2H3,(H,19,20)/t11-,12+/m0/s1. The second kappa shape index (κ2) is 6.07. The molecule has 0 saturated heterocycles. The van der Waals surface area contributed by atoms with E-state index in [2.05, 4.69) is 5.10 Å². The number of hydrogen-bond acceptors (Lipinski definition) is 3. The fraction of sp³-hybridized carbons (Fsp3) is 0.643. The highest BCUT2D eigenvalue weighted by atomic mass is 16.4. The Morgan fingerprint density at radius 1 is 1.40 bits per heavy atom. The zero-order chi connectivity index (χ0) is 14.7. The molecule has 1 aromatic heterocycles. The van der Waals surface area contributed by atoms with E-state index in [0.717, 1.165) is 18.4 Å². The number of aryl methyl sites for hydroxylation is 1. The molecule has 1 N–H and O–H groups in total. The van der Waals surface area contributed by atoms with Crippen LogP contribution < -0.4 is 0 Å². The molecule has 20 heavy (non-hydrogen) atoms. The summed E-state index contributed by atoms with van der Waals surface area (Å²) in [6, 6.07) is 0. The minimum absolute atomic E-state index is 0.0686. The zero-order valence-corrected chi connectivity index (χ0v) is 12.0. The molecule has 1 fully saturated rings. The van der Waals surface area contributed by atoms with Crippen molar-refractivity contribution in [1.29, 1.82) is 0 Å². The molecular formula is C14H21N3O3. The molecule has 2 atom stereocenters. The molecule has 6 heteroatoms. The van der Waals surface area contributed by atoms with Gasteiger partial charge in [-0.15, -0.1) is 0 Å². The van der Waals surface area contributed by atoms with Crippen LogP contribution in [-0.2, 0) is 23.2 Å². The van der Waals surface area contributed by atoms with Crippen LogP contribution in [0.2, 0.25) is 0 Å². The Balaban J connectivity index is 2.02. The average Bonchev–Trinajstić information content (AvgIpc) is 2.83. The second-order valence-corrected chi connectivity index (χ2v) is 5.55. The van der Waals surface area contributed by atoms with Crippen molar-refractivity contribution in [3.8, 4) is 0 Å². The molecule has 2 rings (SSSR count). The molecule has 0 aliphatic heterocycles. The van der Waals surface area contributed by atoms with Gasteiger partial charge in [0.1, 0.15) is 0 Å². The Labute approximate surface area is 118 Å². The maximum Gasteiger partial charge on any atom is 0.307 e. The number of carboxylic acid groups (broad SMARTS) is 1. The van der Waals surface area contributed by atoms with Crippen LogP contribution in [0.15, 0.2) is 12.4 Å². The van der Waals surface area contributed by atoms with Crippen molar-refractivity contribution in [3.63, 3.8) is 0 Å². The molecular weight excluding hydrogens is 258 g/mol. The molecule has 0 unspecified atom stereocenters.